The van der Waals surface area contributed by atoms with Crippen molar-refractivity contribution in [1.82, 2.24) is 9.80 Å². The van der Waals surface area contributed by atoms with Gasteiger partial charge in [-0.25, -0.2) is 0 Å². The SMILES string of the molecule is CC1(C)C(=CC2=C(O)C(=CC3Nc4ccc(CN(CCCC(=O)O)CCCC(=O)O)cc4C3(C)C)C2=O)Nc2ccc(CN(CCCC(=O)O)CCCC(=O)O)cc21. The fourth-order valence-electron chi connectivity index (χ4n) is 8.01. The Morgan fingerprint density at radius 1 is 0.690 bits per heavy atom. The highest BCUT2D eigenvalue weighted by atomic mass is 16.4. The predicted molar refractivity (Wildman–Crippen MR) is 219 cm³/mol. The van der Waals surface area contributed by atoms with Gasteiger partial charge in [0.25, 0.3) is 0 Å². The number of ketones is 1. The van der Waals surface area contributed by atoms with Gasteiger partial charge in [-0.05, 0) is 98.4 Å². The van der Waals surface area contributed by atoms with Crippen LogP contribution in [0.25, 0.3) is 0 Å². The Balaban J connectivity index is 1.28. The summed E-state index contributed by atoms with van der Waals surface area (Å²) < 4.78 is 0. The Bertz CT molecular complexity index is 1990. The van der Waals surface area contributed by atoms with Crippen LogP contribution in [0, 0.1) is 0 Å². The van der Waals surface area contributed by atoms with Crippen molar-refractivity contribution in [2.45, 2.75) is 109 Å². The molecule has 14 heteroatoms. The van der Waals surface area contributed by atoms with Crippen molar-refractivity contribution < 1.29 is 49.5 Å². The third-order valence-electron chi connectivity index (χ3n) is 11.5. The Morgan fingerprint density at radius 2 is 1.14 bits per heavy atom. The smallest absolute Gasteiger partial charge is 0.303 e. The number of carbonyl (C=O) groups excluding carboxylic acids is 1. The van der Waals surface area contributed by atoms with Gasteiger partial charge < -0.3 is 36.2 Å². The van der Waals surface area contributed by atoms with E-state index in [1.165, 1.54) is 0 Å². The highest BCUT2D eigenvalue weighted by Gasteiger charge is 2.43. The lowest BCUT2D eigenvalue weighted by Gasteiger charge is -2.29. The molecule has 58 heavy (non-hydrogen) atoms. The van der Waals surface area contributed by atoms with Crippen molar-refractivity contribution in [2.75, 3.05) is 36.8 Å². The van der Waals surface area contributed by atoms with Crippen LogP contribution >= 0.6 is 0 Å². The maximum absolute atomic E-state index is 13.6. The molecule has 0 amide bonds. The fourth-order valence-corrected chi connectivity index (χ4v) is 8.01. The third-order valence-corrected chi connectivity index (χ3v) is 11.5. The molecular formula is C44H56N4O10. The van der Waals surface area contributed by atoms with Crippen molar-refractivity contribution >= 4 is 41.0 Å². The van der Waals surface area contributed by atoms with Gasteiger partial charge in [0, 0.05) is 66.7 Å². The zero-order valence-electron chi connectivity index (χ0n) is 33.8. The van der Waals surface area contributed by atoms with Gasteiger partial charge in [-0.1, -0.05) is 52.0 Å². The molecule has 1 atom stereocenters. The van der Waals surface area contributed by atoms with Crippen molar-refractivity contribution in [1.29, 1.82) is 0 Å². The number of hydrogen-bond donors (Lipinski definition) is 7. The van der Waals surface area contributed by atoms with E-state index in [4.69, 9.17) is 20.4 Å². The first-order valence-corrected chi connectivity index (χ1v) is 19.9. The van der Waals surface area contributed by atoms with E-state index in [0.717, 1.165) is 39.3 Å². The molecule has 2 aliphatic heterocycles. The predicted octanol–water partition coefficient (Wildman–Crippen LogP) is 6.43. The van der Waals surface area contributed by atoms with E-state index < -0.39 is 34.7 Å². The third kappa shape index (κ3) is 10.5. The monoisotopic (exact) mass is 800 g/mol. The van der Waals surface area contributed by atoms with E-state index >= 15 is 0 Å². The van der Waals surface area contributed by atoms with E-state index in [-0.39, 0.29) is 54.4 Å². The van der Waals surface area contributed by atoms with Crippen molar-refractivity contribution in [2.24, 2.45) is 0 Å². The molecule has 2 aromatic rings. The molecule has 0 saturated heterocycles. The number of benzene rings is 2. The maximum atomic E-state index is 13.6. The summed E-state index contributed by atoms with van der Waals surface area (Å²) in [5, 5.41) is 54.7. The number of Topliss-reactive ketones (excluding diaryl/α,β-unsaturated/α-hetero) is 1. The summed E-state index contributed by atoms with van der Waals surface area (Å²) >= 11 is 0. The number of anilines is 2. The lowest BCUT2D eigenvalue weighted by molar-refractivity contribution is -0.138. The zero-order valence-corrected chi connectivity index (χ0v) is 33.8. The number of nitrogens with one attached hydrogen (secondary N) is 2. The van der Waals surface area contributed by atoms with Crippen LogP contribution in [0.1, 0.15) is 101 Å². The maximum Gasteiger partial charge on any atom is 0.303 e. The Hall–Kier alpha value is -5.47. The van der Waals surface area contributed by atoms with Gasteiger partial charge in [-0.2, -0.15) is 0 Å². The van der Waals surface area contributed by atoms with E-state index in [1.807, 2.05) is 38.1 Å². The Morgan fingerprint density at radius 3 is 1.59 bits per heavy atom. The molecule has 0 saturated carbocycles. The molecule has 0 aromatic heterocycles. The number of hydrogen-bond acceptors (Lipinski definition) is 10. The summed E-state index contributed by atoms with van der Waals surface area (Å²) in [6.45, 7) is 11.4. The number of fused-ring (bicyclic) bond motifs is 2. The van der Waals surface area contributed by atoms with Crippen LogP contribution in [-0.4, -0.2) is 97.2 Å². The number of nitrogens with zero attached hydrogens (tertiary/aromatic N) is 2. The number of aliphatic hydroxyl groups is 1. The lowest BCUT2D eigenvalue weighted by Crippen LogP contribution is -2.34. The second-order valence-electron chi connectivity index (χ2n) is 16.6. The summed E-state index contributed by atoms with van der Waals surface area (Å²) in [6.07, 6.45) is 5.46. The average Bonchev–Trinajstić information content (AvgIpc) is 3.54. The summed E-state index contributed by atoms with van der Waals surface area (Å²) in [5.74, 6) is -3.81. The standard InChI is InChI=1S/C44H56N4O10/c1-43(2)31-21-27(25-47(17-5-9-37(49)50)18-6-10-38(51)52)13-15-33(31)45-35(43)23-29-41(57)30(42(29)58)24-36-44(3,4)32-22-28(14-16-34(32)46-36)26-48(19-7-11-39(53)54)20-8-12-40(55)56/h13-16,21-24,35,45-46,57H,5-12,17-20,25-26H2,1-4H3,(H,49,50)(H,51,52)(H,53,54)(H,55,56). The molecule has 1 unspecified atom stereocenters. The molecule has 1 aliphatic carbocycles. The van der Waals surface area contributed by atoms with Crippen LogP contribution in [0.15, 0.2) is 71.2 Å². The minimum absolute atomic E-state index is 0.0330. The second kappa shape index (κ2) is 18.4. The van der Waals surface area contributed by atoms with Crippen LogP contribution in [-0.2, 0) is 47.9 Å². The number of aliphatic hydroxyl groups excluding tert-OH is 1. The molecule has 5 rings (SSSR count). The first-order chi connectivity index (χ1) is 27.4. The van der Waals surface area contributed by atoms with Gasteiger partial charge in [-0.15, -0.1) is 0 Å². The first-order valence-electron chi connectivity index (χ1n) is 19.9. The molecule has 0 radical (unpaired) electrons. The molecule has 2 aromatic carbocycles. The van der Waals surface area contributed by atoms with E-state index in [9.17, 15) is 29.1 Å². The van der Waals surface area contributed by atoms with Crippen LogP contribution in [0.2, 0.25) is 0 Å². The quantitative estimate of drug-likeness (QED) is 0.0639. The number of carboxylic acid groups (broad SMARTS) is 4. The number of rotatable bonds is 22. The fraction of sp³-hybridized carbons (Fsp3) is 0.477. The molecule has 312 valence electrons. The zero-order chi connectivity index (χ0) is 42.4. The number of carbonyl (C=O) groups is 5. The topological polar surface area (TPSA) is 217 Å². The average molecular weight is 801 g/mol. The molecule has 7 N–H and O–H groups in total. The molecule has 3 aliphatic rings. The van der Waals surface area contributed by atoms with Gasteiger partial charge >= 0.3 is 23.9 Å². The molecular weight excluding hydrogens is 745 g/mol. The highest BCUT2D eigenvalue weighted by Crippen LogP contribution is 2.47. The molecule has 0 bridgehead atoms. The largest absolute Gasteiger partial charge is 0.506 e. The Labute approximate surface area is 338 Å². The summed E-state index contributed by atoms with van der Waals surface area (Å²) in [4.78, 5) is 62.2. The molecule has 14 nitrogen and oxygen atoms in total. The van der Waals surface area contributed by atoms with E-state index in [0.29, 0.717) is 65.0 Å². The van der Waals surface area contributed by atoms with Crippen LogP contribution in [0.4, 0.5) is 11.4 Å². The van der Waals surface area contributed by atoms with Gasteiger partial charge in [0.05, 0.1) is 17.2 Å². The van der Waals surface area contributed by atoms with Crippen LogP contribution in [0.3, 0.4) is 0 Å². The normalized spacial score (nSPS) is 18.9. The minimum Gasteiger partial charge on any atom is -0.506 e. The van der Waals surface area contributed by atoms with Gasteiger partial charge in [0.2, 0.25) is 0 Å². The van der Waals surface area contributed by atoms with Gasteiger partial charge in [0.15, 0.2) is 5.78 Å². The van der Waals surface area contributed by atoms with E-state index in [2.05, 4.69) is 46.4 Å². The summed E-state index contributed by atoms with van der Waals surface area (Å²) in [5.41, 5.74) is 6.07. The summed E-state index contributed by atoms with van der Waals surface area (Å²) in [7, 11) is 0. The van der Waals surface area contributed by atoms with Crippen LogP contribution < -0.4 is 10.6 Å². The molecule has 0 fully saturated rings. The number of aliphatic carboxylic acids is 4. The molecule has 2 heterocycles. The van der Waals surface area contributed by atoms with Crippen molar-refractivity contribution in [3.05, 3.63) is 93.4 Å². The van der Waals surface area contributed by atoms with E-state index in [1.54, 1.807) is 12.2 Å². The first kappa shape index (κ1) is 43.6. The summed E-state index contributed by atoms with van der Waals surface area (Å²) in [6, 6.07) is 11.8. The van der Waals surface area contributed by atoms with Crippen molar-refractivity contribution in [3.63, 3.8) is 0 Å². The number of allylic oxidation sites excluding steroid dienone is 4. The van der Waals surface area contributed by atoms with Gasteiger partial charge in [-0.3, -0.25) is 33.8 Å². The van der Waals surface area contributed by atoms with Crippen molar-refractivity contribution in [3.8, 4) is 0 Å². The highest BCUT2D eigenvalue weighted by molar-refractivity contribution is 6.21. The van der Waals surface area contributed by atoms with Crippen LogP contribution in [0.5, 0.6) is 0 Å². The Kier molecular flexibility index (Phi) is 13.9. The van der Waals surface area contributed by atoms with Gasteiger partial charge in [0.1, 0.15) is 5.76 Å². The molecule has 0 spiro atoms. The second-order valence-corrected chi connectivity index (χ2v) is 16.6. The minimum atomic E-state index is -0.871. The number of carboxylic acids is 4. The lowest BCUT2D eigenvalue weighted by atomic mass is 9.76.